The first kappa shape index (κ1) is 22.0. The van der Waals surface area contributed by atoms with E-state index in [2.05, 4.69) is 27.6 Å². The van der Waals surface area contributed by atoms with Gasteiger partial charge in [-0.2, -0.15) is 0 Å². The number of likely N-dealkylation sites (tertiary alicyclic amines) is 1. The van der Waals surface area contributed by atoms with Gasteiger partial charge in [0.1, 0.15) is 17.5 Å². The highest BCUT2D eigenvalue weighted by Crippen LogP contribution is 2.41. The first-order chi connectivity index (χ1) is 16.5. The third kappa shape index (κ3) is 4.12. The second-order valence-corrected chi connectivity index (χ2v) is 8.67. The summed E-state index contributed by atoms with van der Waals surface area (Å²) < 4.78 is 5.92. The van der Waals surface area contributed by atoms with E-state index < -0.39 is 12.2 Å². The summed E-state index contributed by atoms with van der Waals surface area (Å²) in [4.78, 5) is 29.0. The number of rotatable bonds is 4. The summed E-state index contributed by atoms with van der Waals surface area (Å²) in [5.74, 6) is 6.25. The van der Waals surface area contributed by atoms with Gasteiger partial charge in [-0.3, -0.25) is 15.0 Å². The van der Waals surface area contributed by atoms with Crippen LogP contribution >= 0.6 is 0 Å². The van der Waals surface area contributed by atoms with E-state index in [4.69, 9.17) is 10.5 Å². The quantitative estimate of drug-likeness (QED) is 0.604. The van der Waals surface area contributed by atoms with Crippen LogP contribution in [0.4, 0.5) is 0 Å². The summed E-state index contributed by atoms with van der Waals surface area (Å²) in [6.45, 7) is 2.80. The summed E-state index contributed by atoms with van der Waals surface area (Å²) in [6, 6.07) is 17.0. The third-order valence-electron chi connectivity index (χ3n) is 6.60. The summed E-state index contributed by atoms with van der Waals surface area (Å²) in [7, 11) is 0. The van der Waals surface area contributed by atoms with Gasteiger partial charge >= 0.3 is 0 Å². The van der Waals surface area contributed by atoms with Gasteiger partial charge in [0.15, 0.2) is 0 Å². The first-order valence-corrected chi connectivity index (χ1v) is 11.4. The molecule has 3 aliphatic rings. The lowest BCUT2D eigenvalue weighted by atomic mass is 9.86. The van der Waals surface area contributed by atoms with Crippen molar-refractivity contribution in [2.24, 2.45) is 11.7 Å². The van der Waals surface area contributed by atoms with Gasteiger partial charge in [0.25, 0.3) is 11.8 Å². The molecule has 2 saturated heterocycles. The van der Waals surface area contributed by atoms with Crippen LogP contribution in [0.5, 0.6) is 11.5 Å². The van der Waals surface area contributed by atoms with Crippen LogP contribution in [0.2, 0.25) is 0 Å². The lowest BCUT2D eigenvalue weighted by Gasteiger charge is -2.39. The molecule has 8 nitrogen and oxygen atoms in total. The molecule has 0 saturated carbocycles. The van der Waals surface area contributed by atoms with Gasteiger partial charge in [-0.1, -0.05) is 36.3 Å². The fourth-order valence-electron chi connectivity index (χ4n) is 4.98. The Bertz CT molecular complexity index is 1170. The maximum absolute atomic E-state index is 12.9. The standard InChI is InChI=1S/C26H27N5O3/c1-2-6-22(32)30-14-13-18(15-30)31-16-21(23-24(31)26(33)29-28-25(23)27)17-9-11-20(12-10-17)34-19-7-4-3-5-8-19/h3-5,7-12,16,18,23-25,28H,13-15,27H2,1H3,(H,29,33)/t18-,23?,24?,25?/m1/s1. The summed E-state index contributed by atoms with van der Waals surface area (Å²) in [5, 5.41) is 0. The average Bonchev–Trinajstić information content (AvgIpc) is 3.49. The number of ether oxygens (including phenoxy) is 1. The Balaban J connectivity index is 1.41. The van der Waals surface area contributed by atoms with E-state index in [0.717, 1.165) is 29.1 Å². The number of nitrogens with one attached hydrogen (secondary N) is 2. The molecular weight excluding hydrogens is 430 g/mol. The Morgan fingerprint density at radius 3 is 2.59 bits per heavy atom. The number of nitrogens with two attached hydrogens (primary N) is 1. The van der Waals surface area contributed by atoms with Gasteiger partial charge in [0, 0.05) is 31.2 Å². The number of nitrogens with zero attached hydrogens (tertiary/aromatic N) is 2. The van der Waals surface area contributed by atoms with Crippen molar-refractivity contribution in [3.05, 3.63) is 66.4 Å². The minimum Gasteiger partial charge on any atom is -0.457 e. The third-order valence-corrected chi connectivity index (χ3v) is 6.60. The monoisotopic (exact) mass is 457 g/mol. The van der Waals surface area contributed by atoms with Crippen LogP contribution in [-0.4, -0.2) is 53.0 Å². The minimum atomic E-state index is -0.441. The van der Waals surface area contributed by atoms with Crippen molar-refractivity contribution in [1.82, 2.24) is 20.7 Å². The molecule has 8 heteroatoms. The Morgan fingerprint density at radius 2 is 1.85 bits per heavy atom. The predicted molar refractivity (Wildman–Crippen MR) is 128 cm³/mol. The van der Waals surface area contributed by atoms with Crippen molar-refractivity contribution in [2.75, 3.05) is 13.1 Å². The number of carbonyl (C=O) groups is 2. The lowest BCUT2D eigenvalue weighted by Crippen LogP contribution is -2.67. The average molecular weight is 458 g/mol. The number of amides is 2. The fourth-order valence-corrected chi connectivity index (χ4v) is 4.98. The number of carbonyl (C=O) groups excluding carboxylic acids is 2. The second kappa shape index (κ2) is 9.21. The number of hydrogen-bond acceptors (Lipinski definition) is 6. The Labute approximate surface area is 198 Å². The van der Waals surface area contributed by atoms with Gasteiger partial charge in [0.2, 0.25) is 0 Å². The van der Waals surface area contributed by atoms with E-state index in [1.54, 1.807) is 11.8 Å². The zero-order valence-corrected chi connectivity index (χ0v) is 18.9. The van der Waals surface area contributed by atoms with Crippen molar-refractivity contribution in [3.8, 4) is 23.3 Å². The van der Waals surface area contributed by atoms with Gasteiger partial charge in [-0.15, -0.1) is 0 Å². The maximum Gasteiger partial charge on any atom is 0.298 e. The molecule has 3 aliphatic heterocycles. The zero-order chi connectivity index (χ0) is 23.7. The molecule has 4 atom stereocenters. The molecule has 4 N–H and O–H groups in total. The largest absolute Gasteiger partial charge is 0.457 e. The fraction of sp³-hybridized carbons (Fsp3) is 0.308. The number of benzene rings is 2. The van der Waals surface area contributed by atoms with Crippen molar-refractivity contribution in [1.29, 1.82) is 0 Å². The van der Waals surface area contributed by atoms with E-state index in [9.17, 15) is 9.59 Å². The van der Waals surface area contributed by atoms with Gasteiger partial charge < -0.3 is 20.3 Å². The number of para-hydroxylation sites is 1. The minimum absolute atomic E-state index is 0.0179. The molecule has 2 fully saturated rings. The Hall–Kier alpha value is -3.80. The molecule has 0 radical (unpaired) electrons. The molecule has 0 aromatic heterocycles. The van der Waals surface area contributed by atoms with Gasteiger partial charge in [-0.05, 0) is 54.7 Å². The topological polar surface area (TPSA) is 99.9 Å². The highest BCUT2D eigenvalue weighted by Gasteiger charge is 2.49. The number of hydrogen-bond donors (Lipinski definition) is 3. The first-order valence-electron chi connectivity index (χ1n) is 11.4. The zero-order valence-electron chi connectivity index (χ0n) is 18.9. The molecule has 174 valence electrons. The molecule has 0 spiro atoms. The Morgan fingerprint density at radius 1 is 1.12 bits per heavy atom. The van der Waals surface area contributed by atoms with Crippen molar-refractivity contribution < 1.29 is 14.3 Å². The lowest BCUT2D eigenvalue weighted by molar-refractivity contribution is -0.131. The van der Waals surface area contributed by atoms with E-state index in [0.29, 0.717) is 13.1 Å². The summed E-state index contributed by atoms with van der Waals surface area (Å²) in [5.41, 5.74) is 14.0. The van der Waals surface area contributed by atoms with E-state index >= 15 is 0 Å². The molecule has 2 aromatic carbocycles. The van der Waals surface area contributed by atoms with Crippen molar-refractivity contribution in [3.63, 3.8) is 0 Å². The van der Waals surface area contributed by atoms with Crippen LogP contribution in [-0.2, 0) is 9.59 Å². The molecule has 34 heavy (non-hydrogen) atoms. The molecule has 2 amide bonds. The normalized spacial score (nSPS) is 25.7. The molecule has 0 aliphatic carbocycles. The molecular formula is C26H27N5O3. The van der Waals surface area contributed by atoms with Crippen LogP contribution in [0.1, 0.15) is 18.9 Å². The van der Waals surface area contributed by atoms with E-state index in [-0.39, 0.29) is 23.8 Å². The summed E-state index contributed by atoms with van der Waals surface area (Å²) in [6.07, 6.45) is 2.37. The predicted octanol–water partition coefficient (Wildman–Crippen LogP) is 1.66. The smallest absolute Gasteiger partial charge is 0.298 e. The van der Waals surface area contributed by atoms with Crippen molar-refractivity contribution >= 4 is 17.4 Å². The van der Waals surface area contributed by atoms with Crippen molar-refractivity contribution in [2.45, 2.75) is 31.6 Å². The van der Waals surface area contributed by atoms with Gasteiger partial charge in [-0.25, -0.2) is 5.43 Å². The maximum atomic E-state index is 12.9. The number of fused-ring (bicyclic) bond motifs is 1. The highest BCUT2D eigenvalue weighted by molar-refractivity contribution is 5.93. The molecule has 5 rings (SSSR count). The summed E-state index contributed by atoms with van der Waals surface area (Å²) >= 11 is 0. The number of hydrazine groups is 1. The molecule has 3 heterocycles. The van der Waals surface area contributed by atoms with E-state index in [1.807, 2.05) is 60.8 Å². The molecule has 0 bridgehead atoms. The van der Waals surface area contributed by atoms with Crippen LogP contribution < -0.4 is 21.3 Å². The van der Waals surface area contributed by atoms with Crippen LogP contribution in [0.25, 0.3) is 5.57 Å². The molecule has 3 unspecified atom stereocenters. The van der Waals surface area contributed by atoms with Crippen LogP contribution in [0.15, 0.2) is 60.8 Å². The van der Waals surface area contributed by atoms with Crippen LogP contribution in [0, 0.1) is 17.8 Å². The van der Waals surface area contributed by atoms with Crippen LogP contribution in [0.3, 0.4) is 0 Å². The molecule has 2 aromatic rings. The Kier molecular flexibility index (Phi) is 5.97. The van der Waals surface area contributed by atoms with Gasteiger partial charge in [0.05, 0.1) is 6.17 Å². The second-order valence-electron chi connectivity index (χ2n) is 8.67. The SMILES string of the molecule is CC#CC(=O)N1CC[C@@H](N2C=C(c3ccc(Oc4ccccc4)cc3)C3C(N)NNC(=O)C32)C1. The van der Waals surface area contributed by atoms with E-state index in [1.165, 1.54) is 0 Å². The highest BCUT2D eigenvalue weighted by atomic mass is 16.5.